The van der Waals surface area contributed by atoms with Crippen LogP contribution in [-0.2, 0) is 0 Å². The Morgan fingerprint density at radius 2 is 1.68 bits per heavy atom. The molecule has 0 saturated heterocycles. The number of benzene rings is 2. The van der Waals surface area contributed by atoms with Crippen LogP contribution in [0.4, 0.5) is 5.82 Å². The molecule has 6 heteroatoms. The fraction of sp³-hybridized carbons (Fsp3) is 0. The number of H-pyrrole nitrogens is 1. The molecule has 3 aromatic carbocycles. The van der Waals surface area contributed by atoms with E-state index in [0.717, 1.165) is 21.8 Å². The number of anilines is 1. The molecule has 2 aromatic heterocycles. The maximum atomic E-state index is 7.61. The zero-order valence-corrected chi connectivity index (χ0v) is 11.4. The van der Waals surface area contributed by atoms with E-state index in [-0.39, 0.29) is 11.4 Å². The fourth-order valence-electron chi connectivity index (χ4n) is 3.15. The van der Waals surface area contributed by atoms with E-state index in [9.17, 15) is 0 Å². The van der Waals surface area contributed by atoms with Crippen molar-refractivity contribution in [3.63, 3.8) is 0 Å². The Labute approximate surface area is 123 Å². The third-order valence-corrected chi connectivity index (χ3v) is 4.04. The van der Waals surface area contributed by atoms with Crippen LogP contribution in [0.1, 0.15) is 0 Å². The number of fused-ring (bicyclic) bond motifs is 4. The molecule has 0 amide bonds. The number of aromatic nitrogens is 4. The van der Waals surface area contributed by atoms with E-state index in [1.807, 2.05) is 12.1 Å². The molecule has 0 bridgehead atoms. The predicted molar refractivity (Wildman–Crippen MR) is 85.7 cm³/mol. The molecule has 0 unspecified atom stereocenters. The summed E-state index contributed by atoms with van der Waals surface area (Å²) in [7, 11) is 0. The van der Waals surface area contributed by atoms with E-state index in [1.165, 1.54) is 10.8 Å². The molecule has 0 fully saturated rings. The summed E-state index contributed by atoms with van der Waals surface area (Å²) in [5, 5.41) is 12.1. The van der Waals surface area contributed by atoms with E-state index in [1.54, 1.807) is 0 Å². The third-order valence-electron chi connectivity index (χ3n) is 4.04. The molecule has 2 heterocycles. The van der Waals surface area contributed by atoms with Crippen molar-refractivity contribution in [1.29, 1.82) is 5.41 Å². The normalized spacial score (nSPS) is 12.0. The molecule has 5 rings (SSSR count). The van der Waals surface area contributed by atoms with Gasteiger partial charge in [-0.15, -0.1) is 0 Å². The number of hydrogen-bond acceptors (Lipinski definition) is 5. The molecular formula is C16H10N6. The Kier molecular flexibility index (Phi) is 1.90. The number of nitrogens with two attached hydrogens (primary N) is 1. The highest BCUT2D eigenvalue weighted by Crippen LogP contribution is 2.36. The van der Waals surface area contributed by atoms with Gasteiger partial charge in [0.25, 0.3) is 0 Å². The molecule has 0 saturated carbocycles. The monoisotopic (exact) mass is 286 g/mol. The summed E-state index contributed by atoms with van der Waals surface area (Å²) in [6.07, 6.45) is 0. The van der Waals surface area contributed by atoms with Crippen molar-refractivity contribution in [3.05, 3.63) is 42.0 Å². The predicted octanol–water partition coefficient (Wildman–Crippen LogP) is 2.31. The van der Waals surface area contributed by atoms with Crippen LogP contribution in [-0.4, -0.2) is 19.9 Å². The second kappa shape index (κ2) is 3.67. The largest absolute Gasteiger partial charge is 0.382 e. The smallest absolute Gasteiger partial charge is 0.245 e. The van der Waals surface area contributed by atoms with Crippen molar-refractivity contribution < 1.29 is 0 Å². The van der Waals surface area contributed by atoms with Crippen molar-refractivity contribution in [2.45, 2.75) is 0 Å². The number of aromatic amines is 1. The summed E-state index contributed by atoms with van der Waals surface area (Å²) in [6.45, 7) is 0. The van der Waals surface area contributed by atoms with Crippen LogP contribution in [0.25, 0.3) is 43.7 Å². The molecule has 6 nitrogen and oxygen atoms in total. The number of hydrogen-bond donors (Lipinski definition) is 3. The lowest BCUT2D eigenvalue weighted by Gasteiger charge is -2.01. The van der Waals surface area contributed by atoms with Crippen LogP contribution in [0, 0.1) is 5.41 Å². The Bertz CT molecular complexity index is 1250. The first kappa shape index (κ1) is 11.4. The van der Waals surface area contributed by atoms with Gasteiger partial charge in [-0.3, -0.25) is 5.41 Å². The van der Waals surface area contributed by atoms with Gasteiger partial charge in [0, 0.05) is 16.2 Å². The zero-order valence-electron chi connectivity index (χ0n) is 11.4. The molecule has 0 aliphatic heterocycles. The van der Waals surface area contributed by atoms with Crippen molar-refractivity contribution in [2.24, 2.45) is 0 Å². The first-order valence-electron chi connectivity index (χ1n) is 6.87. The van der Waals surface area contributed by atoms with E-state index < -0.39 is 0 Å². The quantitative estimate of drug-likeness (QED) is 0.406. The van der Waals surface area contributed by atoms with Gasteiger partial charge in [-0.1, -0.05) is 36.4 Å². The fourth-order valence-corrected chi connectivity index (χ4v) is 3.15. The van der Waals surface area contributed by atoms with Gasteiger partial charge < -0.3 is 10.7 Å². The lowest BCUT2D eigenvalue weighted by molar-refractivity contribution is 0.991. The Hall–Kier alpha value is -3.28. The molecule has 104 valence electrons. The second-order valence-corrected chi connectivity index (χ2v) is 5.30. The number of rotatable bonds is 0. The first-order valence-corrected chi connectivity index (χ1v) is 6.87. The molecule has 0 atom stereocenters. The molecule has 0 aliphatic carbocycles. The lowest BCUT2D eigenvalue weighted by Crippen LogP contribution is -2.14. The van der Waals surface area contributed by atoms with Gasteiger partial charge in [0.05, 0.1) is 11.0 Å². The minimum atomic E-state index is -0.114. The Morgan fingerprint density at radius 1 is 0.909 bits per heavy atom. The maximum Gasteiger partial charge on any atom is 0.245 e. The van der Waals surface area contributed by atoms with E-state index in [2.05, 4.69) is 44.2 Å². The van der Waals surface area contributed by atoms with Crippen LogP contribution >= 0.6 is 0 Å². The Morgan fingerprint density at radius 3 is 2.50 bits per heavy atom. The SMILES string of the molecule is N=c1nc(N)c2nc3c4cccc5cccc(c3[nH]c2n1)c54. The standard InChI is InChI=1S/C16H10N6/c17-14-13-15(22-16(18)21-14)20-12-9-6-2-4-7-3-1-5-8(10(7)9)11(12)19-13/h1-6H,(H4,17,18,20,21,22). The Balaban J connectivity index is 2.15. The van der Waals surface area contributed by atoms with Crippen molar-refractivity contribution in [3.8, 4) is 0 Å². The highest BCUT2D eigenvalue weighted by Gasteiger charge is 2.15. The van der Waals surface area contributed by atoms with Gasteiger partial charge in [-0.05, 0) is 5.39 Å². The summed E-state index contributed by atoms with van der Waals surface area (Å²) in [5.41, 5.74) is 8.54. The topological polar surface area (TPSA) is 104 Å². The van der Waals surface area contributed by atoms with Gasteiger partial charge in [-0.25, -0.2) is 4.98 Å². The second-order valence-electron chi connectivity index (χ2n) is 5.30. The average Bonchev–Trinajstić information content (AvgIpc) is 2.82. The van der Waals surface area contributed by atoms with Gasteiger partial charge in [0.2, 0.25) is 5.62 Å². The molecule has 0 aliphatic rings. The van der Waals surface area contributed by atoms with Crippen LogP contribution in [0.3, 0.4) is 0 Å². The van der Waals surface area contributed by atoms with Crippen molar-refractivity contribution >= 4 is 49.6 Å². The summed E-state index contributed by atoms with van der Waals surface area (Å²) in [4.78, 5) is 15.9. The van der Waals surface area contributed by atoms with Crippen LogP contribution in [0.2, 0.25) is 0 Å². The van der Waals surface area contributed by atoms with Crippen LogP contribution in [0.15, 0.2) is 36.4 Å². The average molecular weight is 286 g/mol. The molecule has 0 radical (unpaired) electrons. The van der Waals surface area contributed by atoms with Crippen molar-refractivity contribution in [2.75, 3.05) is 5.73 Å². The lowest BCUT2D eigenvalue weighted by atomic mass is 10.1. The number of nitrogens with one attached hydrogen (secondary N) is 2. The molecule has 5 aromatic rings. The highest BCUT2D eigenvalue weighted by molar-refractivity contribution is 6.28. The van der Waals surface area contributed by atoms with Crippen molar-refractivity contribution in [1.82, 2.24) is 19.9 Å². The summed E-state index contributed by atoms with van der Waals surface area (Å²) in [6, 6.07) is 12.3. The van der Waals surface area contributed by atoms with E-state index >= 15 is 0 Å². The molecule has 0 spiro atoms. The summed E-state index contributed by atoms with van der Waals surface area (Å²) >= 11 is 0. The molecule has 4 N–H and O–H groups in total. The first-order chi connectivity index (χ1) is 10.7. The molecule has 22 heavy (non-hydrogen) atoms. The van der Waals surface area contributed by atoms with Crippen LogP contribution < -0.4 is 11.4 Å². The summed E-state index contributed by atoms with van der Waals surface area (Å²) in [5.74, 6) is 0.220. The highest BCUT2D eigenvalue weighted by atomic mass is 15.0. The van der Waals surface area contributed by atoms with Gasteiger partial charge >= 0.3 is 0 Å². The number of nitrogen functional groups attached to an aromatic ring is 1. The third kappa shape index (κ3) is 1.28. The summed E-state index contributed by atoms with van der Waals surface area (Å²) < 4.78 is 0. The molecular weight excluding hydrogens is 276 g/mol. The van der Waals surface area contributed by atoms with Gasteiger partial charge in [0.15, 0.2) is 11.5 Å². The minimum absolute atomic E-state index is 0.114. The maximum absolute atomic E-state index is 7.61. The van der Waals surface area contributed by atoms with Gasteiger partial charge in [-0.2, -0.15) is 9.97 Å². The van der Waals surface area contributed by atoms with E-state index in [4.69, 9.17) is 11.1 Å². The minimum Gasteiger partial charge on any atom is -0.382 e. The van der Waals surface area contributed by atoms with Gasteiger partial charge in [0.1, 0.15) is 5.52 Å². The zero-order chi connectivity index (χ0) is 14.8. The number of nitrogens with zero attached hydrogens (tertiary/aromatic N) is 3. The van der Waals surface area contributed by atoms with E-state index in [0.29, 0.717) is 11.2 Å². The van der Waals surface area contributed by atoms with Crippen LogP contribution in [0.5, 0.6) is 0 Å².